The molecule has 5 heteroatoms. The van der Waals surface area contributed by atoms with Gasteiger partial charge in [-0.25, -0.2) is 4.79 Å². The van der Waals surface area contributed by atoms with E-state index in [1.807, 2.05) is 20.8 Å². The van der Waals surface area contributed by atoms with Gasteiger partial charge in [0.1, 0.15) is 0 Å². The van der Waals surface area contributed by atoms with Crippen LogP contribution in [0.25, 0.3) is 0 Å². The second-order valence-corrected chi connectivity index (χ2v) is 4.22. The molecule has 0 saturated carbocycles. The molecule has 0 radical (unpaired) electrons. The number of carbonyl (C=O) groups excluding carboxylic acids is 1. The standard InChI is InChI=1S/C11H22N2O3/c1-4-7-13(8-9(2)3)11(16)12-6-5-10(14)15/h9H,4-8H2,1-3H3,(H,12,16)(H,14,15). The van der Waals surface area contributed by atoms with Crippen molar-refractivity contribution in [2.75, 3.05) is 19.6 Å². The Balaban J connectivity index is 4.00. The maximum atomic E-state index is 11.7. The largest absolute Gasteiger partial charge is 0.481 e. The molecule has 0 rings (SSSR count). The van der Waals surface area contributed by atoms with Crippen molar-refractivity contribution in [3.8, 4) is 0 Å². The summed E-state index contributed by atoms with van der Waals surface area (Å²) in [6.45, 7) is 7.70. The van der Waals surface area contributed by atoms with Gasteiger partial charge in [0.05, 0.1) is 6.42 Å². The highest BCUT2D eigenvalue weighted by Crippen LogP contribution is 2.00. The number of urea groups is 1. The molecule has 0 atom stereocenters. The third-order valence-corrected chi connectivity index (χ3v) is 1.98. The molecular weight excluding hydrogens is 208 g/mol. The van der Waals surface area contributed by atoms with Crippen LogP contribution < -0.4 is 5.32 Å². The van der Waals surface area contributed by atoms with Crippen LogP contribution in [0.2, 0.25) is 0 Å². The zero-order valence-corrected chi connectivity index (χ0v) is 10.3. The first-order valence-electron chi connectivity index (χ1n) is 5.72. The highest BCUT2D eigenvalue weighted by atomic mass is 16.4. The molecule has 0 aliphatic carbocycles. The van der Waals surface area contributed by atoms with Crippen molar-refractivity contribution in [3.05, 3.63) is 0 Å². The topological polar surface area (TPSA) is 69.6 Å². The molecule has 5 nitrogen and oxygen atoms in total. The molecule has 2 N–H and O–H groups in total. The number of hydrogen-bond donors (Lipinski definition) is 2. The Hall–Kier alpha value is -1.26. The number of carboxylic acid groups (broad SMARTS) is 1. The number of rotatable bonds is 7. The summed E-state index contributed by atoms with van der Waals surface area (Å²) < 4.78 is 0. The van der Waals surface area contributed by atoms with Crippen molar-refractivity contribution in [1.29, 1.82) is 0 Å². The Morgan fingerprint density at radius 2 is 2.00 bits per heavy atom. The summed E-state index contributed by atoms with van der Waals surface area (Å²) >= 11 is 0. The molecule has 0 heterocycles. The zero-order chi connectivity index (χ0) is 12.6. The van der Waals surface area contributed by atoms with Crippen molar-refractivity contribution in [2.24, 2.45) is 5.92 Å². The van der Waals surface area contributed by atoms with Gasteiger partial charge in [0.2, 0.25) is 0 Å². The minimum atomic E-state index is -0.897. The number of carboxylic acids is 1. The third kappa shape index (κ3) is 7.09. The Labute approximate surface area is 96.8 Å². The van der Waals surface area contributed by atoms with Crippen molar-refractivity contribution in [2.45, 2.75) is 33.6 Å². The number of nitrogens with zero attached hydrogens (tertiary/aromatic N) is 1. The van der Waals surface area contributed by atoms with Gasteiger partial charge >= 0.3 is 12.0 Å². The molecule has 0 bridgehead atoms. The van der Waals surface area contributed by atoms with E-state index in [0.29, 0.717) is 19.0 Å². The SMILES string of the molecule is CCCN(CC(C)C)C(=O)NCCC(=O)O. The van der Waals surface area contributed by atoms with Gasteiger partial charge in [-0.2, -0.15) is 0 Å². The molecule has 0 aromatic carbocycles. The van der Waals surface area contributed by atoms with E-state index >= 15 is 0 Å². The van der Waals surface area contributed by atoms with Gasteiger partial charge in [-0.1, -0.05) is 20.8 Å². The Morgan fingerprint density at radius 3 is 2.44 bits per heavy atom. The second-order valence-electron chi connectivity index (χ2n) is 4.22. The van der Waals surface area contributed by atoms with Gasteiger partial charge in [0, 0.05) is 19.6 Å². The van der Waals surface area contributed by atoms with E-state index < -0.39 is 5.97 Å². The van der Waals surface area contributed by atoms with Crippen molar-refractivity contribution in [1.82, 2.24) is 10.2 Å². The maximum absolute atomic E-state index is 11.7. The molecule has 0 fully saturated rings. The predicted molar refractivity (Wildman–Crippen MR) is 62.4 cm³/mol. The Kier molecular flexibility index (Phi) is 7.33. The monoisotopic (exact) mass is 230 g/mol. The van der Waals surface area contributed by atoms with E-state index in [1.54, 1.807) is 4.90 Å². The van der Waals surface area contributed by atoms with Gasteiger partial charge in [-0.3, -0.25) is 4.79 Å². The number of carbonyl (C=O) groups is 2. The minimum absolute atomic E-state index is 0.0343. The summed E-state index contributed by atoms with van der Waals surface area (Å²) in [6.07, 6.45) is 0.868. The fourth-order valence-electron chi connectivity index (χ4n) is 1.37. The summed E-state index contributed by atoms with van der Waals surface area (Å²) in [7, 11) is 0. The second kappa shape index (κ2) is 7.96. The Bertz CT molecular complexity index is 229. The molecule has 2 amide bonds. The number of nitrogens with one attached hydrogen (secondary N) is 1. The zero-order valence-electron chi connectivity index (χ0n) is 10.3. The van der Waals surface area contributed by atoms with E-state index in [-0.39, 0.29) is 19.0 Å². The van der Waals surface area contributed by atoms with Crippen molar-refractivity contribution >= 4 is 12.0 Å². The lowest BCUT2D eigenvalue weighted by molar-refractivity contribution is -0.136. The van der Waals surface area contributed by atoms with Crippen molar-refractivity contribution in [3.63, 3.8) is 0 Å². The van der Waals surface area contributed by atoms with E-state index in [0.717, 1.165) is 6.42 Å². The average Bonchev–Trinajstić information content (AvgIpc) is 2.15. The molecule has 0 spiro atoms. The summed E-state index contributed by atoms with van der Waals surface area (Å²) in [6, 6.07) is -0.170. The van der Waals surface area contributed by atoms with Crippen LogP contribution in [0.1, 0.15) is 33.6 Å². The van der Waals surface area contributed by atoms with Gasteiger partial charge in [0.15, 0.2) is 0 Å². The third-order valence-electron chi connectivity index (χ3n) is 1.98. The fourth-order valence-corrected chi connectivity index (χ4v) is 1.37. The van der Waals surface area contributed by atoms with E-state index in [9.17, 15) is 9.59 Å². The predicted octanol–water partition coefficient (Wildman–Crippen LogP) is 1.54. The normalized spacial score (nSPS) is 10.2. The first-order chi connectivity index (χ1) is 7.47. The smallest absolute Gasteiger partial charge is 0.317 e. The highest BCUT2D eigenvalue weighted by molar-refractivity contribution is 5.75. The number of amides is 2. The number of hydrogen-bond acceptors (Lipinski definition) is 2. The van der Waals surface area contributed by atoms with Gasteiger partial charge in [0.25, 0.3) is 0 Å². The van der Waals surface area contributed by atoms with Gasteiger partial charge in [-0.05, 0) is 12.3 Å². The van der Waals surface area contributed by atoms with Crippen LogP contribution in [0, 0.1) is 5.92 Å². The lowest BCUT2D eigenvalue weighted by atomic mass is 10.2. The summed E-state index contributed by atoms with van der Waals surface area (Å²) in [4.78, 5) is 23.7. The molecule has 0 aliphatic rings. The molecule has 0 saturated heterocycles. The van der Waals surface area contributed by atoms with Crippen molar-refractivity contribution < 1.29 is 14.7 Å². The van der Waals surface area contributed by atoms with Gasteiger partial charge in [-0.15, -0.1) is 0 Å². The molecule has 0 aliphatic heterocycles. The molecular formula is C11H22N2O3. The maximum Gasteiger partial charge on any atom is 0.317 e. The van der Waals surface area contributed by atoms with E-state index in [1.165, 1.54) is 0 Å². The van der Waals surface area contributed by atoms with E-state index in [2.05, 4.69) is 5.32 Å². The molecule has 0 aromatic rings. The minimum Gasteiger partial charge on any atom is -0.481 e. The highest BCUT2D eigenvalue weighted by Gasteiger charge is 2.13. The summed E-state index contributed by atoms with van der Waals surface area (Å²) in [5.41, 5.74) is 0. The first kappa shape index (κ1) is 14.7. The van der Waals surface area contributed by atoms with Crippen LogP contribution in [-0.2, 0) is 4.79 Å². The quantitative estimate of drug-likeness (QED) is 0.697. The molecule has 16 heavy (non-hydrogen) atoms. The van der Waals surface area contributed by atoms with Crippen LogP contribution in [0.3, 0.4) is 0 Å². The molecule has 94 valence electrons. The lowest BCUT2D eigenvalue weighted by Gasteiger charge is -2.24. The first-order valence-corrected chi connectivity index (χ1v) is 5.72. The average molecular weight is 230 g/mol. The molecule has 0 unspecified atom stereocenters. The fraction of sp³-hybridized carbons (Fsp3) is 0.818. The lowest BCUT2D eigenvalue weighted by Crippen LogP contribution is -2.42. The van der Waals surface area contributed by atoms with Crippen LogP contribution in [0.4, 0.5) is 4.79 Å². The number of aliphatic carboxylic acids is 1. The van der Waals surface area contributed by atoms with Crippen LogP contribution in [-0.4, -0.2) is 41.6 Å². The van der Waals surface area contributed by atoms with Crippen LogP contribution >= 0.6 is 0 Å². The summed E-state index contributed by atoms with van der Waals surface area (Å²) in [5, 5.41) is 11.1. The molecule has 0 aromatic heterocycles. The van der Waals surface area contributed by atoms with Gasteiger partial charge < -0.3 is 15.3 Å². The van der Waals surface area contributed by atoms with Crippen LogP contribution in [0.5, 0.6) is 0 Å². The Morgan fingerprint density at radius 1 is 1.38 bits per heavy atom. The summed E-state index contributed by atoms with van der Waals surface area (Å²) in [5.74, 6) is -0.483. The van der Waals surface area contributed by atoms with Crippen LogP contribution in [0.15, 0.2) is 0 Å². The van der Waals surface area contributed by atoms with E-state index in [4.69, 9.17) is 5.11 Å².